The maximum absolute atomic E-state index is 12.4. The number of piperidine rings is 1. The Morgan fingerprint density at radius 3 is 2.58 bits per heavy atom. The number of ether oxygens (including phenoxy) is 1. The van der Waals surface area contributed by atoms with Gasteiger partial charge in [0.1, 0.15) is 11.4 Å². The van der Waals surface area contributed by atoms with E-state index >= 15 is 0 Å². The molecule has 2 aliphatic rings. The first-order valence-corrected chi connectivity index (χ1v) is 8.84. The quantitative estimate of drug-likeness (QED) is 0.830. The molecule has 1 amide bonds. The van der Waals surface area contributed by atoms with E-state index in [0.29, 0.717) is 0 Å². The van der Waals surface area contributed by atoms with Crippen LogP contribution in [0.25, 0.3) is 0 Å². The SMILES string of the molecule is Cc1nc(CN2CC[C@@]23CCCN(C(=O)OC(C)(C)C)C3)oc1C. The van der Waals surface area contributed by atoms with E-state index < -0.39 is 5.60 Å². The van der Waals surface area contributed by atoms with Crippen LogP contribution in [0.1, 0.15) is 57.4 Å². The van der Waals surface area contributed by atoms with Gasteiger partial charge in [-0.2, -0.15) is 0 Å². The van der Waals surface area contributed by atoms with Gasteiger partial charge in [0.15, 0.2) is 0 Å². The number of likely N-dealkylation sites (tertiary alicyclic amines) is 2. The van der Waals surface area contributed by atoms with E-state index in [2.05, 4.69) is 9.88 Å². The van der Waals surface area contributed by atoms with Crippen LogP contribution in [0.5, 0.6) is 0 Å². The molecule has 0 radical (unpaired) electrons. The summed E-state index contributed by atoms with van der Waals surface area (Å²) in [6, 6.07) is 0. The van der Waals surface area contributed by atoms with Crippen LogP contribution in [0.3, 0.4) is 0 Å². The van der Waals surface area contributed by atoms with E-state index in [-0.39, 0.29) is 11.6 Å². The maximum atomic E-state index is 12.4. The molecule has 6 heteroatoms. The Morgan fingerprint density at radius 1 is 1.29 bits per heavy atom. The molecule has 1 spiro atoms. The monoisotopic (exact) mass is 335 g/mol. The molecule has 3 heterocycles. The van der Waals surface area contributed by atoms with Gasteiger partial charge in [0, 0.05) is 25.2 Å². The van der Waals surface area contributed by atoms with E-state index in [9.17, 15) is 4.79 Å². The minimum atomic E-state index is -0.450. The molecule has 0 unspecified atom stereocenters. The molecule has 1 atom stereocenters. The normalized spacial score (nSPS) is 25.0. The van der Waals surface area contributed by atoms with Crippen LogP contribution in [0.2, 0.25) is 0 Å². The van der Waals surface area contributed by atoms with Gasteiger partial charge in [0.05, 0.1) is 12.2 Å². The highest BCUT2D eigenvalue weighted by Crippen LogP contribution is 2.40. The summed E-state index contributed by atoms with van der Waals surface area (Å²) in [4.78, 5) is 21.2. The Hall–Kier alpha value is -1.56. The Balaban J connectivity index is 1.65. The molecular weight excluding hydrogens is 306 g/mol. The number of amides is 1. The van der Waals surface area contributed by atoms with Crippen molar-refractivity contribution >= 4 is 6.09 Å². The van der Waals surface area contributed by atoms with Crippen LogP contribution in [0.4, 0.5) is 4.79 Å². The summed E-state index contributed by atoms with van der Waals surface area (Å²) >= 11 is 0. The molecule has 6 nitrogen and oxygen atoms in total. The summed E-state index contributed by atoms with van der Waals surface area (Å²) in [5.74, 6) is 1.66. The summed E-state index contributed by atoms with van der Waals surface area (Å²) in [7, 11) is 0. The molecular formula is C18H29N3O3. The average Bonchev–Trinajstić information content (AvgIpc) is 2.81. The van der Waals surface area contributed by atoms with Crippen molar-refractivity contribution in [1.82, 2.24) is 14.8 Å². The highest BCUT2D eigenvalue weighted by molar-refractivity contribution is 5.68. The molecule has 2 saturated heterocycles. The van der Waals surface area contributed by atoms with Crippen molar-refractivity contribution < 1.29 is 13.9 Å². The Morgan fingerprint density at radius 2 is 2.04 bits per heavy atom. The molecule has 0 N–H and O–H groups in total. The van der Waals surface area contributed by atoms with Gasteiger partial charge in [-0.15, -0.1) is 0 Å². The van der Waals surface area contributed by atoms with E-state index in [0.717, 1.165) is 62.8 Å². The minimum Gasteiger partial charge on any atom is -0.444 e. The lowest BCUT2D eigenvalue weighted by atomic mass is 9.77. The van der Waals surface area contributed by atoms with Gasteiger partial charge in [-0.25, -0.2) is 9.78 Å². The van der Waals surface area contributed by atoms with Gasteiger partial charge in [-0.1, -0.05) is 0 Å². The zero-order valence-corrected chi connectivity index (χ0v) is 15.5. The van der Waals surface area contributed by atoms with Gasteiger partial charge >= 0.3 is 6.09 Å². The number of nitrogens with zero attached hydrogens (tertiary/aromatic N) is 3. The van der Waals surface area contributed by atoms with Crippen LogP contribution >= 0.6 is 0 Å². The average molecular weight is 335 g/mol. The number of rotatable bonds is 2. The highest BCUT2D eigenvalue weighted by Gasteiger charge is 2.48. The largest absolute Gasteiger partial charge is 0.444 e. The van der Waals surface area contributed by atoms with Crippen LogP contribution in [0, 0.1) is 13.8 Å². The second-order valence-corrected chi connectivity index (χ2v) is 8.15. The summed E-state index contributed by atoms with van der Waals surface area (Å²) in [5, 5.41) is 0. The molecule has 3 rings (SSSR count). The molecule has 1 aromatic heterocycles. The zero-order valence-electron chi connectivity index (χ0n) is 15.5. The molecule has 2 aliphatic heterocycles. The number of hydrogen-bond donors (Lipinski definition) is 0. The van der Waals surface area contributed by atoms with Crippen molar-refractivity contribution in [3.05, 3.63) is 17.3 Å². The van der Waals surface area contributed by atoms with E-state index in [1.807, 2.05) is 39.5 Å². The van der Waals surface area contributed by atoms with Crippen molar-refractivity contribution in [2.24, 2.45) is 0 Å². The van der Waals surface area contributed by atoms with Crippen molar-refractivity contribution in [3.8, 4) is 0 Å². The third kappa shape index (κ3) is 3.43. The molecule has 1 aromatic rings. The second-order valence-electron chi connectivity index (χ2n) is 8.15. The summed E-state index contributed by atoms with van der Waals surface area (Å²) in [6.45, 7) is 12.9. The topological polar surface area (TPSA) is 58.8 Å². The highest BCUT2D eigenvalue weighted by atomic mass is 16.6. The van der Waals surface area contributed by atoms with Gasteiger partial charge in [0.2, 0.25) is 5.89 Å². The first kappa shape index (κ1) is 17.3. The first-order chi connectivity index (χ1) is 11.2. The number of oxazole rings is 1. The van der Waals surface area contributed by atoms with Crippen LogP contribution in [0.15, 0.2) is 4.42 Å². The fourth-order valence-corrected chi connectivity index (χ4v) is 3.66. The third-order valence-corrected chi connectivity index (χ3v) is 5.12. The van der Waals surface area contributed by atoms with Gasteiger partial charge in [-0.05, 0) is 53.9 Å². The van der Waals surface area contributed by atoms with Crippen molar-refractivity contribution in [3.63, 3.8) is 0 Å². The third-order valence-electron chi connectivity index (χ3n) is 5.12. The molecule has 134 valence electrons. The number of hydrogen-bond acceptors (Lipinski definition) is 5. The summed E-state index contributed by atoms with van der Waals surface area (Å²) in [6.07, 6.45) is 3.05. The summed E-state index contributed by atoms with van der Waals surface area (Å²) in [5.41, 5.74) is 0.568. The van der Waals surface area contributed by atoms with Crippen LogP contribution in [-0.2, 0) is 11.3 Å². The van der Waals surface area contributed by atoms with Crippen molar-refractivity contribution in [2.75, 3.05) is 19.6 Å². The zero-order chi connectivity index (χ0) is 17.5. The lowest BCUT2D eigenvalue weighted by Crippen LogP contribution is -2.67. The van der Waals surface area contributed by atoms with Crippen LogP contribution < -0.4 is 0 Å². The fraction of sp³-hybridized carbons (Fsp3) is 0.778. The molecule has 0 saturated carbocycles. The molecule has 0 aromatic carbocycles. The number of aromatic nitrogens is 1. The fourth-order valence-electron chi connectivity index (χ4n) is 3.66. The predicted octanol–water partition coefficient (Wildman–Crippen LogP) is 3.27. The lowest BCUT2D eigenvalue weighted by molar-refractivity contribution is -0.0778. The van der Waals surface area contributed by atoms with Gasteiger partial charge < -0.3 is 14.1 Å². The van der Waals surface area contributed by atoms with Crippen molar-refractivity contribution in [1.29, 1.82) is 0 Å². The van der Waals surface area contributed by atoms with E-state index in [4.69, 9.17) is 9.15 Å². The maximum Gasteiger partial charge on any atom is 0.410 e. The predicted molar refractivity (Wildman–Crippen MR) is 90.8 cm³/mol. The van der Waals surface area contributed by atoms with Gasteiger partial charge in [-0.3, -0.25) is 4.90 Å². The minimum absolute atomic E-state index is 0.0609. The molecule has 0 bridgehead atoms. The second kappa shape index (κ2) is 6.06. The summed E-state index contributed by atoms with van der Waals surface area (Å²) < 4.78 is 11.3. The number of carbonyl (C=O) groups is 1. The van der Waals surface area contributed by atoms with E-state index in [1.165, 1.54) is 0 Å². The standard InChI is InChI=1S/C18H29N3O3/c1-13-14(2)23-15(19-13)11-21-10-8-18(21)7-6-9-20(12-18)16(22)24-17(3,4)5/h6-12H2,1-5H3/t18-/m1/s1. The first-order valence-electron chi connectivity index (χ1n) is 8.84. The Labute approximate surface area is 144 Å². The Bertz CT molecular complexity index is 600. The molecule has 24 heavy (non-hydrogen) atoms. The van der Waals surface area contributed by atoms with Gasteiger partial charge in [0.25, 0.3) is 0 Å². The van der Waals surface area contributed by atoms with Crippen LogP contribution in [-0.4, -0.2) is 51.7 Å². The number of carbonyl (C=O) groups excluding carboxylic acids is 1. The van der Waals surface area contributed by atoms with E-state index in [1.54, 1.807) is 0 Å². The Kier molecular flexibility index (Phi) is 4.36. The number of aryl methyl sites for hydroxylation is 2. The lowest BCUT2D eigenvalue weighted by Gasteiger charge is -2.56. The smallest absolute Gasteiger partial charge is 0.410 e. The molecule has 0 aliphatic carbocycles. The van der Waals surface area contributed by atoms with Crippen molar-refractivity contribution in [2.45, 2.75) is 71.6 Å². The molecule has 2 fully saturated rings.